The summed E-state index contributed by atoms with van der Waals surface area (Å²) in [4.78, 5) is 39.8. The van der Waals surface area contributed by atoms with Gasteiger partial charge in [-0.3, -0.25) is 14.4 Å². The lowest BCUT2D eigenvalue weighted by Gasteiger charge is -2.17. The number of rotatable bonds is 2. The van der Waals surface area contributed by atoms with Crippen LogP contribution in [0.3, 0.4) is 0 Å². The zero-order chi connectivity index (χ0) is 19.3. The number of carbonyl (C=O) groups excluding carboxylic acids is 2. The van der Waals surface area contributed by atoms with Gasteiger partial charge in [-0.2, -0.15) is 0 Å². The summed E-state index contributed by atoms with van der Waals surface area (Å²) in [5.41, 5.74) is 1.30. The monoisotopic (exact) mass is 366 g/mol. The van der Waals surface area contributed by atoms with Crippen molar-refractivity contribution in [2.75, 3.05) is 0 Å². The van der Waals surface area contributed by atoms with Gasteiger partial charge in [0, 0.05) is 11.1 Å². The number of fused-ring (bicyclic) bond motifs is 2. The maximum Gasteiger partial charge on any atom is 0.283 e. The second kappa shape index (κ2) is 6.03. The molecule has 0 atom stereocenters. The quantitative estimate of drug-likeness (QED) is 0.481. The Morgan fingerprint density at radius 2 is 0.964 bits per heavy atom. The molecule has 0 unspecified atom stereocenters. The lowest BCUT2D eigenvalue weighted by atomic mass is 9.88. The highest BCUT2D eigenvalue weighted by Crippen LogP contribution is 2.28. The molecule has 0 spiro atoms. The van der Waals surface area contributed by atoms with E-state index in [1.165, 1.54) is 4.68 Å². The van der Waals surface area contributed by atoms with Crippen molar-refractivity contribution in [1.82, 2.24) is 9.36 Å². The minimum atomic E-state index is -0.502. The topological polar surface area (TPSA) is 61.1 Å². The number of para-hydroxylation sites is 2. The van der Waals surface area contributed by atoms with Crippen LogP contribution in [0.1, 0.15) is 32.0 Å². The smallest absolute Gasteiger partial charge is 0.283 e. The van der Waals surface area contributed by atoms with Gasteiger partial charge in [0.1, 0.15) is 11.3 Å². The van der Waals surface area contributed by atoms with Gasteiger partial charge in [-0.05, 0) is 24.3 Å². The van der Waals surface area contributed by atoms with Crippen LogP contribution in [0.5, 0.6) is 0 Å². The molecule has 134 valence electrons. The molecule has 0 bridgehead atoms. The van der Waals surface area contributed by atoms with Crippen LogP contribution in [0.4, 0.5) is 0 Å². The van der Waals surface area contributed by atoms with Crippen molar-refractivity contribution in [2.24, 2.45) is 0 Å². The molecule has 3 aromatic carbocycles. The van der Waals surface area contributed by atoms with E-state index < -0.39 is 11.3 Å². The molecular formula is C23H14N2O3. The van der Waals surface area contributed by atoms with Gasteiger partial charge in [0.2, 0.25) is 11.6 Å². The van der Waals surface area contributed by atoms with E-state index in [0.29, 0.717) is 16.9 Å². The first-order chi connectivity index (χ1) is 13.7. The molecule has 1 aromatic heterocycles. The number of hydrogen-bond acceptors (Lipinski definition) is 3. The molecule has 4 aromatic rings. The summed E-state index contributed by atoms with van der Waals surface area (Å²) in [6.45, 7) is 0. The Balaban J connectivity index is 1.93. The lowest BCUT2D eigenvalue weighted by molar-refractivity contribution is 0.0974. The summed E-state index contributed by atoms with van der Waals surface area (Å²) >= 11 is 0. The molecule has 1 aliphatic carbocycles. The molecule has 0 amide bonds. The van der Waals surface area contributed by atoms with Crippen LogP contribution in [-0.2, 0) is 0 Å². The van der Waals surface area contributed by atoms with Crippen LogP contribution in [0, 0.1) is 0 Å². The lowest BCUT2D eigenvalue weighted by Crippen LogP contribution is -2.25. The van der Waals surface area contributed by atoms with Crippen molar-refractivity contribution in [1.29, 1.82) is 0 Å². The Morgan fingerprint density at radius 3 is 1.54 bits per heavy atom. The Kier molecular flexibility index (Phi) is 3.49. The SMILES string of the molecule is O=C1c2ccccc2C(=O)c2c1c(=O)n(-c1ccccc1)n2-c1ccccc1. The van der Waals surface area contributed by atoms with Crippen LogP contribution < -0.4 is 5.56 Å². The van der Waals surface area contributed by atoms with E-state index in [9.17, 15) is 14.4 Å². The molecular weight excluding hydrogens is 352 g/mol. The highest BCUT2D eigenvalue weighted by Gasteiger charge is 2.38. The first-order valence-electron chi connectivity index (χ1n) is 8.86. The second-order valence-corrected chi connectivity index (χ2v) is 6.53. The van der Waals surface area contributed by atoms with Crippen molar-refractivity contribution < 1.29 is 9.59 Å². The van der Waals surface area contributed by atoms with Crippen molar-refractivity contribution in [3.8, 4) is 11.4 Å². The van der Waals surface area contributed by atoms with Gasteiger partial charge in [0.25, 0.3) is 5.56 Å². The third-order valence-corrected chi connectivity index (χ3v) is 4.91. The fourth-order valence-electron chi connectivity index (χ4n) is 3.68. The van der Waals surface area contributed by atoms with Gasteiger partial charge >= 0.3 is 0 Å². The molecule has 0 saturated heterocycles. The fraction of sp³-hybridized carbons (Fsp3) is 0. The van der Waals surface area contributed by atoms with Gasteiger partial charge in [0.05, 0.1) is 11.4 Å². The standard InChI is InChI=1S/C23H14N2O3/c26-21-17-13-7-8-14-18(17)22(27)20-19(21)23(28)25(16-11-5-2-6-12-16)24(20)15-9-3-1-4-10-15/h1-14H. The fourth-order valence-corrected chi connectivity index (χ4v) is 3.68. The summed E-state index contributed by atoms with van der Waals surface area (Å²) in [6, 6.07) is 24.7. The van der Waals surface area contributed by atoms with Gasteiger partial charge in [-0.15, -0.1) is 0 Å². The van der Waals surface area contributed by atoms with Gasteiger partial charge in [0.15, 0.2) is 0 Å². The van der Waals surface area contributed by atoms with Crippen LogP contribution in [0.15, 0.2) is 89.7 Å². The number of aromatic nitrogens is 2. The maximum absolute atomic E-state index is 13.3. The zero-order valence-corrected chi connectivity index (χ0v) is 14.7. The van der Waals surface area contributed by atoms with Crippen molar-refractivity contribution in [3.63, 3.8) is 0 Å². The number of hydrogen-bond donors (Lipinski definition) is 0. The van der Waals surface area contributed by atoms with E-state index in [1.54, 1.807) is 53.2 Å². The van der Waals surface area contributed by atoms with Crippen molar-refractivity contribution in [3.05, 3.63) is 118 Å². The van der Waals surface area contributed by atoms with Gasteiger partial charge < -0.3 is 0 Å². The molecule has 0 radical (unpaired) electrons. The summed E-state index contributed by atoms with van der Waals surface area (Å²) in [6.07, 6.45) is 0. The van der Waals surface area contributed by atoms with Gasteiger partial charge in [-0.25, -0.2) is 9.36 Å². The average Bonchev–Trinajstić information content (AvgIpc) is 3.06. The molecule has 0 aliphatic heterocycles. The Morgan fingerprint density at radius 1 is 0.500 bits per heavy atom. The Labute approximate surface area is 160 Å². The molecule has 1 heterocycles. The van der Waals surface area contributed by atoms with E-state index in [4.69, 9.17) is 0 Å². The van der Waals surface area contributed by atoms with E-state index in [0.717, 1.165) is 0 Å². The highest BCUT2D eigenvalue weighted by atomic mass is 16.2. The Hall–Kier alpha value is -3.99. The Bertz CT molecular complexity index is 1300. The maximum atomic E-state index is 13.3. The summed E-state index contributed by atoms with van der Waals surface area (Å²) in [7, 11) is 0. The van der Waals surface area contributed by atoms with Crippen molar-refractivity contribution >= 4 is 11.6 Å². The molecule has 28 heavy (non-hydrogen) atoms. The molecule has 0 N–H and O–H groups in total. The number of benzene rings is 3. The normalized spacial score (nSPS) is 12.6. The average molecular weight is 366 g/mol. The third kappa shape index (κ3) is 2.16. The van der Waals surface area contributed by atoms with E-state index in [2.05, 4.69) is 0 Å². The molecule has 5 heteroatoms. The second-order valence-electron chi connectivity index (χ2n) is 6.53. The van der Waals surface area contributed by atoms with Crippen LogP contribution in [0.2, 0.25) is 0 Å². The number of carbonyl (C=O) groups is 2. The predicted molar refractivity (Wildman–Crippen MR) is 105 cm³/mol. The van der Waals surface area contributed by atoms with Gasteiger partial charge in [-0.1, -0.05) is 60.7 Å². The number of ketones is 2. The summed E-state index contributed by atoms with van der Waals surface area (Å²) < 4.78 is 2.94. The zero-order valence-electron chi connectivity index (χ0n) is 14.7. The molecule has 5 nitrogen and oxygen atoms in total. The minimum absolute atomic E-state index is 0.0867. The molecule has 0 saturated carbocycles. The van der Waals surface area contributed by atoms with E-state index in [1.807, 2.05) is 36.4 Å². The van der Waals surface area contributed by atoms with E-state index in [-0.39, 0.29) is 22.6 Å². The largest absolute Gasteiger partial charge is 0.288 e. The molecule has 1 aliphatic rings. The number of nitrogens with zero attached hydrogens (tertiary/aromatic N) is 2. The third-order valence-electron chi connectivity index (χ3n) is 4.91. The van der Waals surface area contributed by atoms with E-state index >= 15 is 0 Å². The molecule has 0 fully saturated rings. The first-order valence-corrected chi connectivity index (χ1v) is 8.86. The summed E-state index contributed by atoms with van der Waals surface area (Å²) in [5.74, 6) is -0.754. The minimum Gasteiger partial charge on any atom is -0.288 e. The summed E-state index contributed by atoms with van der Waals surface area (Å²) in [5, 5.41) is 0. The van der Waals surface area contributed by atoms with Crippen LogP contribution in [0.25, 0.3) is 11.4 Å². The first kappa shape index (κ1) is 16.2. The van der Waals surface area contributed by atoms with Crippen molar-refractivity contribution in [2.45, 2.75) is 0 Å². The predicted octanol–water partition coefficient (Wildman–Crippen LogP) is 3.40. The molecule has 5 rings (SSSR count). The van der Waals surface area contributed by atoms with Crippen LogP contribution >= 0.6 is 0 Å². The van der Waals surface area contributed by atoms with Crippen LogP contribution in [-0.4, -0.2) is 20.9 Å². The highest BCUT2D eigenvalue weighted by molar-refractivity contribution is 6.27.